The average Bonchev–Trinajstić information content (AvgIpc) is 2.66. The molecule has 4 rings (SSSR count). The first-order chi connectivity index (χ1) is 13.2. The Balaban J connectivity index is 1.84. The predicted octanol–water partition coefficient (Wildman–Crippen LogP) is 7.38. The first kappa shape index (κ1) is 18.8. The summed E-state index contributed by atoms with van der Waals surface area (Å²) in [6.07, 6.45) is 2.40. The van der Waals surface area contributed by atoms with Crippen LogP contribution in [0.3, 0.4) is 0 Å². The molecule has 0 aliphatic heterocycles. The molecule has 0 aromatic heterocycles. The maximum atomic E-state index is 10.6. The van der Waals surface area contributed by atoms with Crippen molar-refractivity contribution in [1.82, 2.24) is 0 Å². The Hall–Kier alpha value is -2.54. The van der Waals surface area contributed by atoms with E-state index in [1.807, 2.05) is 12.1 Å². The molecule has 1 nitrogen and oxygen atoms in total. The Morgan fingerprint density at radius 2 is 1.21 bits per heavy atom. The van der Waals surface area contributed by atoms with Gasteiger partial charge in [0.05, 0.1) is 0 Å². The minimum Gasteiger partial charge on any atom is -0.507 e. The molecule has 28 heavy (non-hydrogen) atoms. The van der Waals surface area contributed by atoms with Gasteiger partial charge in [0.2, 0.25) is 0 Å². The molecular formula is C27H30O. The van der Waals surface area contributed by atoms with Gasteiger partial charge in [0, 0.05) is 5.56 Å². The number of rotatable bonds is 2. The molecule has 1 aliphatic carbocycles. The van der Waals surface area contributed by atoms with Gasteiger partial charge in [0.25, 0.3) is 0 Å². The topological polar surface area (TPSA) is 20.2 Å². The van der Waals surface area contributed by atoms with Crippen LogP contribution >= 0.6 is 0 Å². The van der Waals surface area contributed by atoms with E-state index in [0.29, 0.717) is 5.75 Å². The van der Waals surface area contributed by atoms with Crippen molar-refractivity contribution in [2.24, 2.45) is 0 Å². The zero-order valence-electron chi connectivity index (χ0n) is 17.6. The van der Waals surface area contributed by atoms with Crippen molar-refractivity contribution < 1.29 is 5.11 Å². The van der Waals surface area contributed by atoms with E-state index in [2.05, 4.69) is 83.1 Å². The molecule has 3 aromatic carbocycles. The third kappa shape index (κ3) is 3.24. The standard InChI is InChI=1S/C27H30O/c1-18-6-8-19(9-7-18)20-11-13-25(28)22(16-20)21-10-12-23-24(17-21)27(4,5)15-14-26(23,2)3/h6-13,16-17,28H,14-15H2,1-5H3. The van der Waals surface area contributed by atoms with Gasteiger partial charge in [-0.2, -0.15) is 0 Å². The van der Waals surface area contributed by atoms with Crippen LogP contribution in [0.25, 0.3) is 22.3 Å². The quantitative estimate of drug-likeness (QED) is 0.499. The molecular weight excluding hydrogens is 340 g/mol. The number of benzene rings is 3. The van der Waals surface area contributed by atoms with Crippen LogP contribution in [0.5, 0.6) is 5.75 Å². The van der Waals surface area contributed by atoms with E-state index < -0.39 is 0 Å². The summed E-state index contributed by atoms with van der Waals surface area (Å²) in [5.74, 6) is 0.337. The lowest BCUT2D eigenvalue weighted by Crippen LogP contribution is -2.33. The van der Waals surface area contributed by atoms with E-state index >= 15 is 0 Å². The lowest BCUT2D eigenvalue weighted by molar-refractivity contribution is 0.332. The number of phenolic OH excluding ortho intramolecular Hbond substituents is 1. The third-order valence-corrected chi connectivity index (χ3v) is 6.55. The molecule has 0 amide bonds. The van der Waals surface area contributed by atoms with Crippen LogP contribution in [0.2, 0.25) is 0 Å². The summed E-state index contributed by atoms with van der Waals surface area (Å²) in [5.41, 5.74) is 8.78. The summed E-state index contributed by atoms with van der Waals surface area (Å²) in [5, 5.41) is 10.6. The fourth-order valence-electron chi connectivity index (χ4n) is 4.45. The van der Waals surface area contributed by atoms with Gasteiger partial charge in [0.15, 0.2) is 0 Å². The number of phenols is 1. The largest absolute Gasteiger partial charge is 0.507 e. The molecule has 0 atom stereocenters. The fourth-order valence-corrected chi connectivity index (χ4v) is 4.45. The first-order valence-corrected chi connectivity index (χ1v) is 10.2. The molecule has 1 N–H and O–H groups in total. The van der Waals surface area contributed by atoms with Crippen molar-refractivity contribution >= 4 is 0 Å². The molecule has 0 radical (unpaired) electrons. The van der Waals surface area contributed by atoms with Gasteiger partial charge in [-0.1, -0.05) is 81.8 Å². The third-order valence-electron chi connectivity index (χ3n) is 6.55. The Morgan fingerprint density at radius 3 is 1.89 bits per heavy atom. The van der Waals surface area contributed by atoms with Crippen LogP contribution in [0, 0.1) is 6.92 Å². The zero-order valence-corrected chi connectivity index (χ0v) is 17.6. The number of fused-ring (bicyclic) bond motifs is 1. The van der Waals surface area contributed by atoms with Gasteiger partial charge >= 0.3 is 0 Å². The van der Waals surface area contributed by atoms with Crippen molar-refractivity contribution in [2.45, 2.75) is 58.3 Å². The Morgan fingerprint density at radius 1 is 0.643 bits per heavy atom. The number of hydrogen-bond donors (Lipinski definition) is 1. The summed E-state index contributed by atoms with van der Waals surface area (Å²) in [6, 6.07) is 21.2. The van der Waals surface area contributed by atoms with Crippen molar-refractivity contribution in [3.8, 4) is 28.0 Å². The van der Waals surface area contributed by atoms with Crippen LogP contribution < -0.4 is 0 Å². The highest BCUT2D eigenvalue weighted by atomic mass is 16.3. The van der Waals surface area contributed by atoms with E-state index in [4.69, 9.17) is 0 Å². The van der Waals surface area contributed by atoms with Crippen molar-refractivity contribution in [1.29, 1.82) is 0 Å². The van der Waals surface area contributed by atoms with Crippen molar-refractivity contribution in [3.05, 3.63) is 77.4 Å². The molecule has 0 unspecified atom stereocenters. The number of aromatic hydroxyl groups is 1. The molecule has 144 valence electrons. The summed E-state index contributed by atoms with van der Waals surface area (Å²) < 4.78 is 0. The van der Waals surface area contributed by atoms with Crippen LogP contribution in [-0.2, 0) is 10.8 Å². The van der Waals surface area contributed by atoms with Gasteiger partial charge < -0.3 is 5.11 Å². The fraction of sp³-hybridized carbons (Fsp3) is 0.333. The van der Waals surface area contributed by atoms with Gasteiger partial charge in [0.1, 0.15) is 5.75 Å². The van der Waals surface area contributed by atoms with Crippen LogP contribution in [0.1, 0.15) is 57.2 Å². The number of hydrogen-bond acceptors (Lipinski definition) is 1. The molecule has 1 heteroatoms. The minimum atomic E-state index is 0.158. The summed E-state index contributed by atoms with van der Waals surface area (Å²) in [6.45, 7) is 11.5. The molecule has 0 fully saturated rings. The van der Waals surface area contributed by atoms with Crippen LogP contribution in [0.4, 0.5) is 0 Å². The summed E-state index contributed by atoms with van der Waals surface area (Å²) in [7, 11) is 0. The number of aryl methyl sites for hydroxylation is 1. The Bertz CT molecular complexity index is 1020. The van der Waals surface area contributed by atoms with Crippen molar-refractivity contribution in [3.63, 3.8) is 0 Å². The van der Waals surface area contributed by atoms with E-state index in [1.54, 1.807) is 0 Å². The maximum Gasteiger partial charge on any atom is 0.123 e. The Labute approximate surface area is 169 Å². The highest BCUT2D eigenvalue weighted by Crippen LogP contribution is 2.47. The van der Waals surface area contributed by atoms with E-state index in [1.165, 1.54) is 35.1 Å². The van der Waals surface area contributed by atoms with Gasteiger partial charge in [-0.25, -0.2) is 0 Å². The molecule has 0 spiro atoms. The first-order valence-electron chi connectivity index (χ1n) is 10.2. The molecule has 0 bridgehead atoms. The lowest BCUT2D eigenvalue weighted by atomic mass is 9.63. The summed E-state index contributed by atoms with van der Waals surface area (Å²) >= 11 is 0. The normalized spacial score (nSPS) is 17.2. The van der Waals surface area contributed by atoms with E-state index in [9.17, 15) is 5.11 Å². The van der Waals surface area contributed by atoms with Gasteiger partial charge in [-0.15, -0.1) is 0 Å². The highest BCUT2D eigenvalue weighted by Gasteiger charge is 2.37. The second-order valence-electron chi connectivity index (χ2n) is 9.63. The second-order valence-corrected chi connectivity index (χ2v) is 9.63. The maximum absolute atomic E-state index is 10.6. The van der Waals surface area contributed by atoms with E-state index in [-0.39, 0.29) is 10.8 Å². The molecule has 3 aromatic rings. The Kier molecular flexibility index (Phi) is 4.38. The smallest absolute Gasteiger partial charge is 0.123 e. The average molecular weight is 371 g/mol. The summed E-state index contributed by atoms with van der Waals surface area (Å²) in [4.78, 5) is 0. The molecule has 0 heterocycles. The van der Waals surface area contributed by atoms with E-state index in [0.717, 1.165) is 16.7 Å². The molecule has 1 aliphatic rings. The monoisotopic (exact) mass is 370 g/mol. The molecule has 0 saturated carbocycles. The van der Waals surface area contributed by atoms with Crippen LogP contribution in [-0.4, -0.2) is 5.11 Å². The second kappa shape index (κ2) is 6.51. The minimum absolute atomic E-state index is 0.158. The zero-order chi connectivity index (χ0) is 20.1. The highest BCUT2D eigenvalue weighted by molar-refractivity contribution is 5.78. The van der Waals surface area contributed by atoms with Gasteiger partial charge in [-0.3, -0.25) is 0 Å². The SMILES string of the molecule is Cc1ccc(-c2ccc(O)c(-c3ccc4c(c3)C(C)(C)CCC4(C)C)c2)cc1. The molecule has 0 saturated heterocycles. The predicted molar refractivity (Wildman–Crippen MR) is 119 cm³/mol. The van der Waals surface area contributed by atoms with Gasteiger partial charge in [-0.05, 0) is 70.5 Å². The lowest BCUT2D eigenvalue weighted by Gasteiger charge is -2.42. The van der Waals surface area contributed by atoms with Crippen LogP contribution in [0.15, 0.2) is 60.7 Å². The van der Waals surface area contributed by atoms with Crippen molar-refractivity contribution in [2.75, 3.05) is 0 Å².